The van der Waals surface area contributed by atoms with E-state index in [2.05, 4.69) is 6.92 Å². The Hall–Kier alpha value is -0.433. The standard InChI is InChI=1S/C15H31NO4Si/c1-5-11-15(16-13-10-9-12-14(16)17)21(18-6-2,19-7-3)20-8-4/h15H,5-13H2,1-4H3. The van der Waals surface area contributed by atoms with Crippen LogP contribution >= 0.6 is 0 Å². The summed E-state index contributed by atoms with van der Waals surface area (Å²) in [6, 6.07) is 0. The van der Waals surface area contributed by atoms with E-state index in [0.29, 0.717) is 26.2 Å². The predicted molar refractivity (Wildman–Crippen MR) is 84.9 cm³/mol. The topological polar surface area (TPSA) is 48.0 Å². The molecule has 1 saturated heterocycles. The third-order valence-electron chi connectivity index (χ3n) is 3.74. The maximum absolute atomic E-state index is 12.4. The molecule has 21 heavy (non-hydrogen) atoms. The zero-order chi connectivity index (χ0) is 15.7. The minimum Gasteiger partial charge on any atom is -0.373 e. The average Bonchev–Trinajstić information content (AvgIpc) is 2.46. The molecular weight excluding hydrogens is 286 g/mol. The van der Waals surface area contributed by atoms with Crippen molar-refractivity contribution >= 4 is 14.7 Å². The van der Waals surface area contributed by atoms with Gasteiger partial charge >= 0.3 is 8.80 Å². The van der Waals surface area contributed by atoms with Gasteiger partial charge in [-0.05, 0) is 40.0 Å². The Kier molecular flexibility index (Phi) is 8.47. The fourth-order valence-electron chi connectivity index (χ4n) is 2.97. The molecule has 6 heteroatoms. The highest BCUT2D eigenvalue weighted by Crippen LogP contribution is 2.27. The van der Waals surface area contributed by atoms with E-state index in [9.17, 15) is 4.79 Å². The van der Waals surface area contributed by atoms with Gasteiger partial charge in [0.25, 0.3) is 0 Å². The summed E-state index contributed by atoms with van der Waals surface area (Å²) >= 11 is 0. The monoisotopic (exact) mass is 317 g/mol. The number of carbonyl (C=O) groups is 1. The van der Waals surface area contributed by atoms with Gasteiger partial charge in [0.05, 0.1) is 0 Å². The number of hydrogen-bond acceptors (Lipinski definition) is 4. The van der Waals surface area contributed by atoms with Crippen molar-refractivity contribution in [3.05, 3.63) is 0 Å². The first-order valence-corrected chi connectivity index (χ1v) is 10.2. The first kappa shape index (κ1) is 18.6. The number of carbonyl (C=O) groups excluding carboxylic acids is 1. The Balaban J connectivity index is 3.06. The number of likely N-dealkylation sites (tertiary alicyclic amines) is 1. The van der Waals surface area contributed by atoms with Crippen LogP contribution in [0.1, 0.15) is 59.8 Å². The molecule has 0 N–H and O–H groups in total. The zero-order valence-electron chi connectivity index (χ0n) is 14.0. The molecule has 1 atom stereocenters. The van der Waals surface area contributed by atoms with Crippen LogP contribution in [0, 0.1) is 0 Å². The van der Waals surface area contributed by atoms with Crippen LogP contribution in [0.15, 0.2) is 0 Å². The van der Waals surface area contributed by atoms with E-state index in [-0.39, 0.29) is 11.6 Å². The summed E-state index contributed by atoms with van der Waals surface area (Å²) in [6.07, 6.45) is 4.53. The molecule has 1 amide bonds. The largest absolute Gasteiger partial charge is 0.524 e. The lowest BCUT2D eigenvalue weighted by Crippen LogP contribution is -2.64. The summed E-state index contributed by atoms with van der Waals surface area (Å²) < 4.78 is 18.1. The molecule has 1 unspecified atom stereocenters. The van der Waals surface area contributed by atoms with Crippen LogP contribution in [-0.2, 0) is 18.1 Å². The van der Waals surface area contributed by atoms with Gasteiger partial charge < -0.3 is 18.2 Å². The van der Waals surface area contributed by atoms with Gasteiger partial charge in [-0.2, -0.15) is 0 Å². The number of amides is 1. The maximum atomic E-state index is 12.4. The smallest absolute Gasteiger partial charge is 0.373 e. The number of piperidine rings is 1. The van der Waals surface area contributed by atoms with Crippen LogP contribution in [0.5, 0.6) is 0 Å². The van der Waals surface area contributed by atoms with Crippen LogP contribution in [0.2, 0.25) is 0 Å². The first-order valence-electron chi connectivity index (χ1n) is 8.36. The number of nitrogens with zero attached hydrogens (tertiary/aromatic N) is 1. The molecule has 0 aromatic heterocycles. The van der Waals surface area contributed by atoms with Gasteiger partial charge in [-0.25, -0.2) is 0 Å². The molecular formula is C15H31NO4Si. The normalized spacial score (nSPS) is 18.1. The summed E-state index contributed by atoms with van der Waals surface area (Å²) in [5, 5.41) is 0. The van der Waals surface area contributed by atoms with Crippen molar-refractivity contribution < 1.29 is 18.1 Å². The summed E-state index contributed by atoms with van der Waals surface area (Å²) in [7, 11) is -2.87. The van der Waals surface area contributed by atoms with Gasteiger partial charge in [-0.3, -0.25) is 4.79 Å². The molecule has 0 aliphatic carbocycles. The number of hydrogen-bond donors (Lipinski definition) is 0. The van der Waals surface area contributed by atoms with Gasteiger partial charge in [-0.15, -0.1) is 0 Å². The second-order valence-electron chi connectivity index (χ2n) is 5.25. The van der Waals surface area contributed by atoms with Crippen molar-refractivity contribution in [1.82, 2.24) is 4.90 Å². The van der Waals surface area contributed by atoms with E-state index < -0.39 is 8.80 Å². The molecule has 5 nitrogen and oxygen atoms in total. The van der Waals surface area contributed by atoms with Crippen LogP contribution in [0.25, 0.3) is 0 Å². The Labute approximate surface area is 130 Å². The minimum atomic E-state index is -2.87. The lowest BCUT2D eigenvalue weighted by molar-refractivity contribution is -0.136. The van der Waals surface area contributed by atoms with Crippen LogP contribution in [-0.4, -0.2) is 51.6 Å². The van der Waals surface area contributed by atoms with E-state index in [0.717, 1.165) is 32.2 Å². The lowest BCUT2D eigenvalue weighted by Gasteiger charge is -2.42. The Morgan fingerprint density at radius 1 is 1.05 bits per heavy atom. The maximum Gasteiger partial charge on any atom is 0.524 e. The van der Waals surface area contributed by atoms with Crippen LogP contribution in [0.3, 0.4) is 0 Å². The van der Waals surface area contributed by atoms with Gasteiger partial charge in [-0.1, -0.05) is 13.3 Å². The third-order valence-corrected chi connectivity index (χ3v) is 7.23. The summed E-state index contributed by atoms with van der Waals surface area (Å²) in [6.45, 7) is 10.5. The second kappa shape index (κ2) is 9.56. The quantitative estimate of drug-likeness (QED) is 0.581. The summed E-state index contributed by atoms with van der Waals surface area (Å²) in [4.78, 5) is 14.3. The summed E-state index contributed by atoms with van der Waals surface area (Å²) in [5.41, 5.74) is -0.0462. The molecule has 0 spiro atoms. The fourth-order valence-corrected chi connectivity index (χ4v) is 6.30. The highest BCUT2D eigenvalue weighted by atomic mass is 28.4. The van der Waals surface area contributed by atoms with Gasteiger partial charge in [0, 0.05) is 32.8 Å². The van der Waals surface area contributed by atoms with Crippen molar-refractivity contribution in [1.29, 1.82) is 0 Å². The predicted octanol–water partition coefficient (Wildman–Crippen LogP) is 2.76. The van der Waals surface area contributed by atoms with E-state index >= 15 is 0 Å². The van der Waals surface area contributed by atoms with Crippen molar-refractivity contribution in [2.45, 2.75) is 65.5 Å². The lowest BCUT2D eigenvalue weighted by atomic mass is 10.1. The molecule has 1 fully saturated rings. The average molecular weight is 318 g/mol. The van der Waals surface area contributed by atoms with Crippen molar-refractivity contribution in [3.63, 3.8) is 0 Å². The van der Waals surface area contributed by atoms with Crippen LogP contribution in [0.4, 0.5) is 0 Å². The minimum absolute atomic E-state index is 0.0462. The SMILES string of the molecule is CCCC(N1CCCCC1=O)[Si](OCC)(OCC)OCC. The molecule has 0 bridgehead atoms. The highest BCUT2D eigenvalue weighted by Gasteiger charge is 2.52. The van der Waals surface area contributed by atoms with E-state index in [1.807, 2.05) is 25.7 Å². The first-order chi connectivity index (χ1) is 10.1. The molecule has 1 aliphatic rings. The van der Waals surface area contributed by atoms with E-state index in [1.54, 1.807) is 0 Å². The second-order valence-corrected chi connectivity index (χ2v) is 7.99. The van der Waals surface area contributed by atoms with Gasteiger partial charge in [0.15, 0.2) is 0 Å². The van der Waals surface area contributed by atoms with E-state index in [1.165, 1.54) is 0 Å². The molecule has 0 aromatic rings. The zero-order valence-corrected chi connectivity index (χ0v) is 15.0. The Bertz CT molecular complexity index is 297. The molecule has 1 heterocycles. The Morgan fingerprint density at radius 2 is 1.62 bits per heavy atom. The van der Waals surface area contributed by atoms with Crippen LogP contribution < -0.4 is 0 Å². The van der Waals surface area contributed by atoms with Crippen molar-refractivity contribution in [2.75, 3.05) is 26.4 Å². The molecule has 0 radical (unpaired) electrons. The number of rotatable bonds is 10. The van der Waals surface area contributed by atoms with Crippen molar-refractivity contribution in [2.24, 2.45) is 0 Å². The summed E-state index contributed by atoms with van der Waals surface area (Å²) in [5.74, 6) is 0.218. The molecule has 1 aliphatic heterocycles. The molecule has 1 rings (SSSR count). The Morgan fingerprint density at radius 3 is 2.05 bits per heavy atom. The van der Waals surface area contributed by atoms with Gasteiger partial charge in [0.2, 0.25) is 5.91 Å². The van der Waals surface area contributed by atoms with E-state index in [4.69, 9.17) is 13.3 Å². The third kappa shape index (κ3) is 4.77. The van der Waals surface area contributed by atoms with Crippen molar-refractivity contribution in [3.8, 4) is 0 Å². The van der Waals surface area contributed by atoms with Gasteiger partial charge in [0.1, 0.15) is 5.67 Å². The molecule has 124 valence electrons. The molecule has 0 saturated carbocycles. The highest BCUT2D eigenvalue weighted by molar-refractivity contribution is 6.62. The fraction of sp³-hybridized carbons (Fsp3) is 0.933. The molecule has 0 aromatic carbocycles.